The third-order valence-corrected chi connectivity index (χ3v) is 2.79. The molecular formula is C11H18N2O5. The Labute approximate surface area is 105 Å². The summed E-state index contributed by atoms with van der Waals surface area (Å²) in [4.78, 5) is 35.7. The van der Waals surface area contributed by atoms with Crippen molar-refractivity contribution in [2.75, 3.05) is 40.5 Å². The van der Waals surface area contributed by atoms with E-state index >= 15 is 0 Å². The summed E-state index contributed by atoms with van der Waals surface area (Å²) in [5.41, 5.74) is 0. The third kappa shape index (κ3) is 3.99. The zero-order chi connectivity index (χ0) is 13.5. The van der Waals surface area contributed by atoms with E-state index in [1.54, 1.807) is 12.0 Å². The number of hydrogen-bond donors (Lipinski definition) is 1. The number of nitrogens with zero attached hydrogens (tertiary/aromatic N) is 1. The van der Waals surface area contributed by atoms with E-state index < -0.39 is 11.9 Å². The van der Waals surface area contributed by atoms with Crippen molar-refractivity contribution in [1.29, 1.82) is 0 Å². The van der Waals surface area contributed by atoms with Gasteiger partial charge >= 0.3 is 5.97 Å². The highest BCUT2D eigenvalue weighted by molar-refractivity contribution is 5.90. The van der Waals surface area contributed by atoms with Crippen LogP contribution in [-0.4, -0.2) is 63.1 Å². The molecule has 1 heterocycles. The van der Waals surface area contributed by atoms with Crippen LogP contribution in [0.2, 0.25) is 0 Å². The van der Waals surface area contributed by atoms with Crippen LogP contribution < -0.4 is 5.32 Å². The number of amides is 2. The molecule has 1 N–H and O–H groups in total. The lowest BCUT2D eigenvalue weighted by atomic mass is 10.1. The number of carbonyl (C=O) groups excluding carboxylic acids is 3. The molecule has 1 atom stereocenters. The predicted octanol–water partition coefficient (Wildman–Crippen LogP) is -1.23. The maximum atomic E-state index is 11.7. The Kier molecular flexibility index (Phi) is 5.57. The molecule has 0 aliphatic carbocycles. The first kappa shape index (κ1) is 14.4. The maximum absolute atomic E-state index is 11.7. The second kappa shape index (κ2) is 6.95. The first-order valence-corrected chi connectivity index (χ1v) is 5.69. The van der Waals surface area contributed by atoms with E-state index in [0.717, 1.165) is 0 Å². The average molecular weight is 258 g/mol. The number of esters is 1. The minimum Gasteiger partial charge on any atom is -0.468 e. The predicted molar refractivity (Wildman–Crippen MR) is 61.6 cm³/mol. The van der Waals surface area contributed by atoms with E-state index in [2.05, 4.69) is 10.1 Å². The van der Waals surface area contributed by atoms with Gasteiger partial charge < -0.3 is 19.7 Å². The third-order valence-electron chi connectivity index (χ3n) is 2.79. The molecule has 2 amide bonds. The highest BCUT2D eigenvalue weighted by atomic mass is 16.5. The van der Waals surface area contributed by atoms with Crippen molar-refractivity contribution >= 4 is 17.8 Å². The molecule has 18 heavy (non-hydrogen) atoms. The largest absolute Gasteiger partial charge is 0.468 e. The number of carbonyl (C=O) groups is 3. The van der Waals surface area contributed by atoms with Crippen LogP contribution in [0.4, 0.5) is 0 Å². The summed E-state index contributed by atoms with van der Waals surface area (Å²) < 4.78 is 9.30. The Balaban J connectivity index is 2.37. The highest BCUT2D eigenvalue weighted by Gasteiger charge is 2.33. The molecule has 102 valence electrons. The number of rotatable bonds is 6. The zero-order valence-corrected chi connectivity index (χ0v) is 10.6. The molecule has 7 nitrogen and oxygen atoms in total. The number of methoxy groups -OCH3 is 2. The van der Waals surface area contributed by atoms with Crippen LogP contribution in [0.15, 0.2) is 0 Å². The lowest BCUT2D eigenvalue weighted by Crippen LogP contribution is -2.36. The molecule has 1 aliphatic heterocycles. The van der Waals surface area contributed by atoms with Gasteiger partial charge in [-0.1, -0.05) is 0 Å². The lowest BCUT2D eigenvalue weighted by Gasteiger charge is -2.15. The highest BCUT2D eigenvalue weighted by Crippen LogP contribution is 2.17. The summed E-state index contributed by atoms with van der Waals surface area (Å²) in [5, 5.41) is 2.45. The number of hydrogen-bond acceptors (Lipinski definition) is 5. The van der Waals surface area contributed by atoms with Gasteiger partial charge in [0.1, 0.15) is 6.54 Å². The van der Waals surface area contributed by atoms with Crippen LogP contribution in [0.3, 0.4) is 0 Å². The Bertz CT molecular complexity index is 331. The Morgan fingerprint density at radius 2 is 2.17 bits per heavy atom. The van der Waals surface area contributed by atoms with E-state index in [1.165, 1.54) is 7.11 Å². The Hall–Kier alpha value is -1.63. The van der Waals surface area contributed by atoms with Crippen LogP contribution in [0.5, 0.6) is 0 Å². The summed E-state index contributed by atoms with van der Waals surface area (Å²) in [6, 6.07) is 0. The summed E-state index contributed by atoms with van der Waals surface area (Å²) in [6.45, 7) is 1.13. The minimum atomic E-state index is -0.510. The molecule has 0 saturated carbocycles. The molecule has 1 fully saturated rings. The van der Waals surface area contributed by atoms with Crippen LogP contribution >= 0.6 is 0 Å². The van der Waals surface area contributed by atoms with Gasteiger partial charge in [-0.3, -0.25) is 14.4 Å². The molecule has 0 aromatic rings. The molecule has 7 heteroatoms. The summed E-state index contributed by atoms with van der Waals surface area (Å²) in [7, 11) is 2.81. The van der Waals surface area contributed by atoms with Crippen molar-refractivity contribution in [2.24, 2.45) is 5.92 Å². The van der Waals surface area contributed by atoms with Crippen LogP contribution in [-0.2, 0) is 23.9 Å². The maximum Gasteiger partial charge on any atom is 0.325 e. The number of likely N-dealkylation sites (tertiary alicyclic amines) is 1. The zero-order valence-electron chi connectivity index (χ0n) is 10.6. The van der Waals surface area contributed by atoms with Gasteiger partial charge in [0.25, 0.3) is 0 Å². The van der Waals surface area contributed by atoms with Gasteiger partial charge in [0.05, 0.1) is 19.6 Å². The van der Waals surface area contributed by atoms with E-state index in [-0.39, 0.29) is 24.8 Å². The second-order valence-electron chi connectivity index (χ2n) is 4.03. The Morgan fingerprint density at radius 3 is 2.78 bits per heavy atom. The number of ether oxygens (including phenoxy) is 2. The summed E-state index contributed by atoms with van der Waals surface area (Å²) in [6.07, 6.45) is 0.177. The number of nitrogens with one attached hydrogen (secondary N) is 1. The summed E-state index contributed by atoms with van der Waals surface area (Å²) >= 11 is 0. The molecule has 1 unspecified atom stereocenters. The standard InChI is InChI=1S/C11H18N2O5/c1-17-4-3-13-7-8(5-9(13)14)11(16)12-6-10(15)18-2/h8H,3-7H2,1-2H3,(H,12,16). The molecule has 0 aromatic heterocycles. The van der Waals surface area contributed by atoms with Gasteiger partial charge in [-0.25, -0.2) is 0 Å². The van der Waals surface area contributed by atoms with Crippen molar-refractivity contribution in [3.05, 3.63) is 0 Å². The SMILES string of the molecule is COCCN1CC(C(=O)NCC(=O)OC)CC1=O. The van der Waals surface area contributed by atoms with Gasteiger partial charge in [-0.05, 0) is 0 Å². The van der Waals surface area contributed by atoms with Gasteiger partial charge in [0.2, 0.25) is 11.8 Å². The molecule has 0 radical (unpaired) electrons. The van der Waals surface area contributed by atoms with E-state index in [1.807, 2.05) is 0 Å². The lowest BCUT2D eigenvalue weighted by molar-refractivity contribution is -0.141. The first-order valence-electron chi connectivity index (χ1n) is 5.69. The molecule has 1 rings (SSSR count). The van der Waals surface area contributed by atoms with Crippen molar-refractivity contribution in [3.63, 3.8) is 0 Å². The molecule has 0 aromatic carbocycles. The average Bonchev–Trinajstić information content (AvgIpc) is 2.74. The normalized spacial score (nSPS) is 18.9. The van der Waals surface area contributed by atoms with Gasteiger partial charge in [-0.2, -0.15) is 0 Å². The molecule has 1 saturated heterocycles. The van der Waals surface area contributed by atoms with E-state index in [9.17, 15) is 14.4 Å². The van der Waals surface area contributed by atoms with E-state index in [4.69, 9.17) is 4.74 Å². The molecule has 1 aliphatic rings. The van der Waals surface area contributed by atoms with Gasteiger partial charge in [0, 0.05) is 26.6 Å². The molecule has 0 spiro atoms. The van der Waals surface area contributed by atoms with Crippen molar-refractivity contribution in [1.82, 2.24) is 10.2 Å². The van der Waals surface area contributed by atoms with Gasteiger partial charge in [-0.15, -0.1) is 0 Å². The van der Waals surface area contributed by atoms with Gasteiger partial charge in [0.15, 0.2) is 0 Å². The fourth-order valence-electron chi connectivity index (χ4n) is 1.74. The van der Waals surface area contributed by atoms with Crippen molar-refractivity contribution in [3.8, 4) is 0 Å². The van der Waals surface area contributed by atoms with Crippen LogP contribution in [0.1, 0.15) is 6.42 Å². The smallest absolute Gasteiger partial charge is 0.325 e. The monoisotopic (exact) mass is 258 g/mol. The fraction of sp³-hybridized carbons (Fsp3) is 0.727. The molecule has 0 bridgehead atoms. The quantitative estimate of drug-likeness (QED) is 0.603. The topological polar surface area (TPSA) is 84.9 Å². The van der Waals surface area contributed by atoms with Crippen molar-refractivity contribution in [2.45, 2.75) is 6.42 Å². The van der Waals surface area contributed by atoms with E-state index in [0.29, 0.717) is 19.7 Å². The Morgan fingerprint density at radius 1 is 1.44 bits per heavy atom. The van der Waals surface area contributed by atoms with Crippen LogP contribution in [0.25, 0.3) is 0 Å². The van der Waals surface area contributed by atoms with Crippen LogP contribution in [0, 0.1) is 5.92 Å². The fourth-order valence-corrected chi connectivity index (χ4v) is 1.74. The van der Waals surface area contributed by atoms with Crippen molar-refractivity contribution < 1.29 is 23.9 Å². The minimum absolute atomic E-state index is 0.0646. The molecular weight excluding hydrogens is 240 g/mol. The summed E-state index contributed by atoms with van der Waals surface area (Å²) in [5.74, 6) is -1.28. The first-order chi connectivity index (χ1) is 8.58. The second-order valence-corrected chi connectivity index (χ2v) is 4.03.